The number of likely N-dealkylation sites (tertiary alicyclic amines) is 1. The molecule has 0 unspecified atom stereocenters. The highest BCUT2D eigenvalue weighted by atomic mass is 19.1. The fourth-order valence-electron chi connectivity index (χ4n) is 5.90. The van der Waals surface area contributed by atoms with E-state index >= 15 is 8.78 Å². The normalized spacial score (nSPS) is 20.9. The predicted octanol–water partition coefficient (Wildman–Crippen LogP) is 5.61. The van der Waals surface area contributed by atoms with Crippen molar-refractivity contribution in [2.24, 2.45) is 11.3 Å². The largest absolute Gasteiger partial charge is 0.492 e. The van der Waals surface area contributed by atoms with Crippen molar-refractivity contribution >= 4 is 16.9 Å². The first kappa shape index (κ1) is 26.6. The number of halogens is 2. The fraction of sp³-hybridized carbons (Fsp3) is 0.500. The summed E-state index contributed by atoms with van der Waals surface area (Å²) in [6, 6.07) is 9.40. The summed E-state index contributed by atoms with van der Waals surface area (Å²) in [6.07, 6.45) is 1.80. The van der Waals surface area contributed by atoms with Crippen molar-refractivity contribution in [1.82, 2.24) is 14.8 Å². The molecule has 5 rings (SSSR count). The average Bonchev–Trinajstić information content (AvgIpc) is 3.19. The van der Waals surface area contributed by atoms with Crippen LogP contribution in [0.2, 0.25) is 0 Å². The summed E-state index contributed by atoms with van der Waals surface area (Å²) in [4.78, 5) is 19.6. The van der Waals surface area contributed by atoms with E-state index in [2.05, 4.69) is 16.8 Å². The number of hydrogen-bond acceptors (Lipinski definition) is 4. The lowest BCUT2D eigenvalue weighted by Crippen LogP contribution is -2.49. The zero-order valence-corrected chi connectivity index (χ0v) is 22.6. The first-order valence-corrected chi connectivity index (χ1v) is 13.5. The molecule has 0 radical (unpaired) electrons. The smallest absolute Gasteiger partial charge is 0.310 e. The minimum absolute atomic E-state index is 0.0913. The summed E-state index contributed by atoms with van der Waals surface area (Å²) in [6.45, 7) is 10.7. The molecule has 38 heavy (non-hydrogen) atoms. The Bertz CT molecular complexity index is 1310. The molecule has 0 amide bonds. The van der Waals surface area contributed by atoms with Crippen molar-refractivity contribution in [3.8, 4) is 5.75 Å². The molecule has 3 aromatic rings. The van der Waals surface area contributed by atoms with E-state index in [9.17, 15) is 9.90 Å². The number of nitrogens with one attached hydrogen (secondary N) is 1. The molecule has 0 spiro atoms. The van der Waals surface area contributed by atoms with E-state index in [1.54, 1.807) is 13.8 Å². The highest BCUT2D eigenvalue weighted by molar-refractivity contribution is 5.85. The molecule has 1 fully saturated rings. The van der Waals surface area contributed by atoms with Gasteiger partial charge in [0.05, 0.1) is 11.5 Å². The van der Waals surface area contributed by atoms with E-state index in [1.807, 2.05) is 36.1 Å². The van der Waals surface area contributed by atoms with Crippen molar-refractivity contribution in [2.45, 2.75) is 52.6 Å². The quantitative estimate of drug-likeness (QED) is 0.380. The molecule has 6 nitrogen and oxygen atoms in total. The van der Waals surface area contributed by atoms with Gasteiger partial charge in [-0.3, -0.25) is 14.6 Å². The van der Waals surface area contributed by atoms with Crippen molar-refractivity contribution in [3.63, 3.8) is 0 Å². The number of ether oxygens (including phenoxy) is 1. The SMILES string of the molecule is CCC1CN(CCOc2cc(F)c([C@@H]3c4[nH]c5ccccc5c4C[C@@H](C)N3CC(C)(C)C(=O)O)c(F)c2)C1. The molecule has 2 atom stereocenters. The number of carboxylic acid groups (broad SMARTS) is 1. The molecular weight excluding hydrogens is 488 g/mol. The molecule has 2 N–H and O–H groups in total. The van der Waals surface area contributed by atoms with Crippen LogP contribution in [0.15, 0.2) is 36.4 Å². The van der Waals surface area contributed by atoms with E-state index in [1.165, 1.54) is 12.1 Å². The number of benzene rings is 2. The third kappa shape index (κ3) is 4.92. The van der Waals surface area contributed by atoms with Gasteiger partial charge in [-0.1, -0.05) is 31.5 Å². The Balaban J connectivity index is 1.49. The van der Waals surface area contributed by atoms with Crippen LogP contribution in [0.25, 0.3) is 10.9 Å². The second-order valence-electron chi connectivity index (χ2n) is 11.6. The van der Waals surface area contributed by atoms with Gasteiger partial charge in [0.1, 0.15) is 24.0 Å². The summed E-state index contributed by atoms with van der Waals surface area (Å²) in [7, 11) is 0. The van der Waals surface area contributed by atoms with Gasteiger partial charge < -0.3 is 14.8 Å². The minimum Gasteiger partial charge on any atom is -0.492 e. The van der Waals surface area contributed by atoms with E-state index in [-0.39, 0.29) is 23.9 Å². The number of para-hydroxylation sites is 1. The van der Waals surface area contributed by atoms with Crippen LogP contribution in [-0.4, -0.2) is 64.7 Å². The first-order chi connectivity index (χ1) is 18.1. The van der Waals surface area contributed by atoms with Gasteiger partial charge in [0.2, 0.25) is 0 Å². The van der Waals surface area contributed by atoms with Gasteiger partial charge in [-0.15, -0.1) is 0 Å². The van der Waals surface area contributed by atoms with Crippen LogP contribution in [0, 0.1) is 23.0 Å². The lowest BCUT2D eigenvalue weighted by molar-refractivity contribution is -0.148. The van der Waals surface area contributed by atoms with Crippen molar-refractivity contribution < 1.29 is 23.4 Å². The van der Waals surface area contributed by atoms with E-state index in [0.29, 0.717) is 18.7 Å². The lowest BCUT2D eigenvalue weighted by Gasteiger charge is -2.43. The van der Waals surface area contributed by atoms with Crippen LogP contribution < -0.4 is 4.74 Å². The Morgan fingerprint density at radius 2 is 1.87 bits per heavy atom. The fourth-order valence-corrected chi connectivity index (χ4v) is 5.90. The Hall–Kier alpha value is -2.97. The standard InChI is InChI=1S/C30H37F2N3O3/c1-5-19-15-34(16-19)10-11-38-20-13-23(31)26(24(32)14-20)28-27-22(21-8-6-7-9-25(21)33-27)12-18(2)35(28)17-30(3,4)29(36)37/h6-9,13-14,18-19,28,33H,5,10-12,15-17H2,1-4H3,(H,36,37)/t18-,28-/m1/s1. The molecule has 3 heterocycles. The summed E-state index contributed by atoms with van der Waals surface area (Å²) in [5, 5.41) is 10.9. The van der Waals surface area contributed by atoms with Crippen LogP contribution in [-0.2, 0) is 11.2 Å². The summed E-state index contributed by atoms with van der Waals surface area (Å²) in [5.41, 5.74) is 1.42. The third-order valence-corrected chi connectivity index (χ3v) is 8.29. The predicted molar refractivity (Wildman–Crippen MR) is 144 cm³/mol. The number of H-pyrrole nitrogens is 1. The van der Waals surface area contributed by atoms with Crippen LogP contribution in [0.1, 0.15) is 57.0 Å². The van der Waals surface area contributed by atoms with Crippen LogP contribution >= 0.6 is 0 Å². The highest BCUT2D eigenvalue weighted by Gasteiger charge is 2.42. The van der Waals surface area contributed by atoms with Gasteiger partial charge in [-0.05, 0) is 44.7 Å². The number of carboxylic acids is 1. The Kier molecular flexibility index (Phi) is 7.22. The van der Waals surface area contributed by atoms with Gasteiger partial charge in [0.25, 0.3) is 0 Å². The molecule has 2 aliphatic heterocycles. The average molecular weight is 526 g/mol. The molecule has 0 saturated carbocycles. The maximum Gasteiger partial charge on any atom is 0.310 e. The Labute approximate surface area is 222 Å². The van der Waals surface area contributed by atoms with Crippen LogP contribution in [0.3, 0.4) is 0 Å². The number of fused-ring (bicyclic) bond motifs is 3. The first-order valence-electron chi connectivity index (χ1n) is 13.5. The molecule has 2 aliphatic rings. The van der Waals surface area contributed by atoms with Gasteiger partial charge in [-0.25, -0.2) is 8.78 Å². The number of nitrogens with zero attached hydrogens (tertiary/aromatic N) is 2. The number of hydrogen-bond donors (Lipinski definition) is 2. The highest BCUT2D eigenvalue weighted by Crippen LogP contribution is 2.44. The zero-order valence-electron chi connectivity index (χ0n) is 22.6. The Morgan fingerprint density at radius 1 is 1.18 bits per heavy atom. The minimum atomic E-state index is -1.11. The third-order valence-electron chi connectivity index (χ3n) is 8.29. The molecule has 1 aromatic heterocycles. The topological polar surface area (TPSA) is 68.8 Å². The van der Waals surface area contributed by atoms with E-state index < -0.39 is 29.1 Å². The number of aromatic amines is 1. The van der Waals surface area contributed by atoms with Crippen LogP contribution in [0.5, 0.6) is 5.75 Å². The molecular formula is C30H37F2N3O3. The monoisotopic (exact) mass is 525 g/mol. The van der Waals surface area contributed by atoms with Gasteiger partial charge in [-0.2, -0.15) is 0 Å². The molecule has 0 bridgehead atoms. The molecule has 0 aliphatic carbocycles. The number of rotatable bonds is 9. The Morgan fingerprint density at radius 3 is 2.53 bits per heavy atom. The van der Waals surface area contributed by atoms with Crippen molar-refractivity contribution in [2.75, 3.05) is 32.8 Å². The van der Waals surface area contributed by atoms with Gasteiger partial charge in [0, 0.05) is 66.5 Å². The van der Waals surface area contributed by atoms with Crippen LogP contribution in [0.4, 0.5) is 8.78 Å². The lowest BCUT2D eigenvalue weighted by atomic mass is 9.84. The summed E-state index contributed by atoms with van der Waals surface area (Å²) in [5.74, 6) is -1.46. The molecule has 2 aromatic carbocycles. The van der Waals surface area contributed by atoms with E-state index in [4.69, 9.17) is 4.74 Å². The number of carbonyl (C=O) groups is 1. The second kappa shape index (κ2) is 10.3. The summed E-state index contributed by atoms with van der Waals surface area (Å²) >= 11 is 0. The maximum atomic E-state index is 15.8. The summed E-state index contributed by atoms with van der Waals surface area (Å²) < 4.78 is 37.4. The zero-order chi connectivity index (χ0) is 27.2. The maximum absolute atomic E-state index is 15.8. The number of aliphatic carboxylic acids is 1. The molecule has 1 saturated heterocycles. The van der Waals surface area contributed by atoms with Crippen molar-refractivity contribution in [1.29, 1.82) is 0 Å². The molecule has 204 valence electrons. The second-order valence-corrected chi connectivity index (χ2v) is 11.6. The van der Waals surface area contributed by atoms with E-state index in [0.717, 1.165) is 48.4 Å². The van der Waals surface area contributed by atoms with Crippen molar-refractivity contribution in [3.05, 3.63) is 64.9 Å². The van der Waals surface area contributed by atoms with Gasteiger partial charge in [0.15, 0.2) is 0 Å². The number of aromatic nitrogens is 1. The van der Waals surface area contributed by atoms with Gasteiger partial charge >= 0.3 is 5.97 Å². The molecule has 8 heteroatoms.